The van der Waals surface area contributed by atoms with Crippen molar-refractivity contribution < 1.29 is 9.84 Å². The summed E-state index contributed by atoms with van der Waals surface area (Å²) >= 11 is 0. The summed E-state index contributed by atoms with van der Waals surface area (Å²) < 4.78 is 7.36. The molecule has 3 N–H and O–H groups in total. The Bertz CT molecular complexity index is 863. The monoisotopic (exact) mass is 556 g/mol. The number of morpholine rings is 1. The number of benzene rings is 1. The summed E-state index contributed by atoms with van der Waals surface area (Å²) in [7, 11) is 0. The molecule has 0 amide bonds. The number of nitrogens with one attached hydrogen (secondary N) is 2. The zero-order valence-electron chi connectivity index (χ0n) is 19.6. The van der Waals surface area contributed by atoms with Crippen LogP contribution in [0.25, 0.3) is 5.69 Å². The third kappa shape index (κ3) is 7.43. The molecule has 2 aromatic rings. The standard InChI is InChI=1S/C23H36N6O2.HI/c1-5-24-22(26-16-23(4,30)17-28-11-13-31-14-12-28)25-15-21-18(2)27-29(19(21)3)20-9-7-6-8-10-20;/h6-10,30H,5,11-17H2,1-4H3,(H2,24,25,26);1H. The maximum absolute atomic E-state index is 10.8. The van der Waals surface area contributed by atoms with Crippen molar-refractivity contribution in [2.45, 2.75) is 39.8 Å². The summed E-state index contributed by atoms with van der Waals surface area (Å²) in [6.07, 6.45) is 0. The van der Waals surface area contributed by atoms with Crippen LogP contribution in [-0.4, -0.2) is 77.3 Å². The van der Waals surface area contributed by atoms with E-state index >= 15 is 0 Å². The van der Waals surface area contributed by atoms with Gasteiger partial charge < -0.3 is 20.5 Å². The molecule has 0 spiro atoms. The Hall–Kier alpha value is -1.69. The maximum Gasteiger partial charge on any atom is 0.191 e. The summed E-state index contributed by atoms with van der Waals surface area (Å²) in [5.74, 6) is 0.691. The minimum Gasteiger partial charge on any atom is -0.387 e. The fraction of sp³-hybridized carbons (Fsp3) is 0.565. The fourth-order valence-electron chi connectivity index (χ4n) is 3.80. The Morgan fingerprint density at radius 3 is 2.53 bits per heavy atom. The van der Waals surface area contributed by atoms with Gasteiger partial charge in [-0.25, -0.2) is 9.67 Å². The summed E-state index contributed by atoms with van der Waals surface area (Å²) in [6, 6.07) is 10.1. The van der Waals surface area contributed by atoms with E-state index in [2.05, 4.69) is 34.6 Å². The second-order valence-corrected chi connectivity index (χ2v) is 8.33. The van der Waals surface area contributed by atoms with E-state index in [1.807, 2.05) is 43.7 Å². The van der Waals surface area contributed by atoms with Crippen molar-refractivity contribution in [3.05, 3.63) is 47.3 Å². The van der Waals surface area contributed by atoms with Gasteiger partial charge in [-0.15, -0.1) is 24.0 Å². The van der Waals surface area contributed by atoms with Crippen molar-refractivity contribution in [1.82, 2.24) is 25.3 Å². The smallest absolute Gasteiger partial charge is 0.191 e. The minimum absolute atomic E-state index is 0. The highest BCUT2D eigenvalue weighted by atomic mass is 127. The minimum atomic E-state index is -0.864. The molecule has 3 rings (SSSR count). The molecule has 178 valence electrons. The van der Waals surface area contributed by atoms with Crippen LogP contribution in [0, 0.1) is 13.8 Å². The van der Waals surface area contributed by atoms with Gasteiger partial charge in [0.2, 0.25) is 0 Å². The molecule has 1 aromatic carbocycles. The number of aromatic nitrogens is 2. The Kier molecular flexibility index (Phi) is 10.4. The van der Waals surface area contributed by atoms with Crippen LogP contribution in [0.5, 0.6) is 0 Å². The normalized spacial score (nSPS) is 16.8. The van der Waals surface area contributed by atoms with E-state index in [9.17, 15) is 5.11 Å². The van der Waals surface area contributed by atoms with Crippen LogP contribution in [0.2, 0.25) is 0 Å². The van der Waals surface area contributed by atoms with Gasteiger partial charge >= 0.3 is 0 Å². The van der Waals surface area contributed by atoms with Crippen molar-refractivity contribution >= 4 is 29.9 Å². The van der Waals surface area contributed by atoms with Crippen molar-refractivity contribution in [1.29, 1.82) is 0 Å². The number of para-hydroxylation sites is 1. The third-order valence-corrected chi connectivity index (χ3v) is 5.49. The summed E-state index contributed by atoms with van der Waals surface area (Å²) in [6.45, 7) is 13.4. The first-order valence-corrected chi connectivity index (χ1v) is 11.0. The van der Waals surface area contributed by atoms with Crippen LogP contribution in [0.3, 0.4) is 0 Å². The number of aliphatic hydroxyl groups is 1. The van der Waals surface area contributed by atoms with E-state index in [-0.39, 0.29) is 24.0 Å². The lowest BCUT2D eigenvalue weighted by Crippen LogP contribution is -2.52. The Labute approximate surface area is 208 Å². The molecule has 1 fully saturated rings. The van der Waals surface area contributed by atoms with E-state index < -0.39 is 5.60 Å². The van der Waals surface area contributed by atoms with Crippen LogP contribution < -0.4 is 10.6 Å². The van der Waals surface area contributed by atoms with Crippen LogP contribution in [0.1, 0.15) is 30.8 Å². The number of ether oxygens (including phenoxy) is 1. The maximum atomic E-state index is 10.8. The molecular weight excluding hydrogens is 519 g/mol. The zero-order valence-corrected chi connectivity index (χ0v) is 21.9. The lowest BCUT2D eigenvalue weighted by atomic mass is 10.1. The van der Waals surface area contributed by atoms with Gasteiger partial charge in [0, 0.05) is 44.0 Å². The number of aryl methyl sites for hydroxylation is 1. The molecular formula is C23H37IN6O2. The van der Waals surface area contributed by atoms with Gasteiger partial charge in [0.15, 0.2) is 5.96 Å². The van der Waals surface area contributed by atoms with Crippen molar-refractivity contribution in [3.63, 3.8) is 0 Å². The lowest BCUT2D eigenvalue weighted by Gasteiger charge is -2.34. The Morgan fingerprint density at radius 2 is 1.88 bits per heavy atom. The number of β-amino-alcohol motifs (C(OH)–C–C–N with tert-alkyl or cyclic N) is 1. The zero-order chi connectivity index (χ0) is 22.3. The molecule has 1 saturated heterocycles. The fourth-order valence-corrected chi connectivity index (χ4v) is 3.80. The largest absolute Gasteiger partial charge is 0.387 e. The van der Waals surface area contributed by atoms with Gasteiger partial charge in [0.1, 0.15) is 0 Å². The van der Waals surface area contributed by atoms with Crippen molar-refractivity contribution in [2.24, 2.45) is 4.99 Å². The molecule has 1 aliphatic rings. The van der Waals surface area contributed by atoms with E-state index in [4.69, 9.17) is 14.8 Å². The molecule has 1 atom stereocenters. The van der Waals surface area contributed by atoms with Crippen molar-refractivity contribution in [3.8, 4) is 5.69 Å². The Balaban J connectivity index is 0.00000363. The molecule has 0 radical (unpaired) electrons. The number of aliphatic imine (C=N–C) groups is 1. The second-order valence-electron chi connectivity index (χ2n) is 8.33. The molecule has 1 aromatic heterocycles. The molecule has 1 aliphatic heterocycles. The number of nitrogens with zero attached hydrogens (tertiary/aromatic N) is 4. The molecule has 0 aliphatic carbocycles. The molecule has 32 heavy (non-hydrogen) atoms. The quantitative estimate of drug-likeness (QED) is 0.263. The number of halogens is 1. The highest BCUT2D eigenvalue weighted by molar-refractivity contribution is 14.0. The Morgan fingerprint density at radius 1 is 1.19 bits per heavy atom. The van der Waals surface area contributed by atoms with Gasteiger partial charge in [-0.1, -0.05) is 18.2 Å². The molecule has 0 bridgehead atoms. The average molecular weight is 556 g/mol. The van der Waals surface area contributed by atoms with Gasteiger partial charge in [0.05, 0.1) is 36.7 Å². The first-order chi connectivity index (χ1) is 14.9. The number of guanidine groups is 1. The van der Waals surface area contributed by atoms with E-state index in [1.54, 1.807) is 0 Å². The number of rotatable bonds is 8. The highest BCUT2D eigenvalue weighted by Gasteiger charge is 2.25. The molecule has 1 unspecified atom stereocenters. The predicted octanol–water partition coefficient (Wildman–Crippen LogP) is 2.25. The van der Waals surface area contributed by atoms with Crippen LogP contribution in [0.15, 0.2) is 35.3 Å². The van der Waals surface area contributed by atoms with Gasteiger partial charge in [0.25, 0.3) is 0 Å². The number of hydrogen-bond donors (Lipinski definition) is 3. The van der Waals surface area contributed by atoms with Crippen LogP contribution >= 0.6 is 24.0 Å². The van der Waals surface area contributed by atoms with Crippen LogP contribution in [-0.2, 0) is 11.3 Å². The second kappa shape index (κ2) is 12.5. The summed E-state index contributed by atoms with van der Waals surface area (Å²) in [4.78, 5) is 6.99. The molecule has 9 heteroatoms. The predicted molar refractivity (Wildman–Crippen MR) is 139 cm³/mol. The van der Waals surface area contributed by atoms with Crippen molar-refractivity contribution in [2.75, 3.05) is 45.9 Å². The summed E-state index contributed by atoms with van der Waals surface area (Å²) in [5.41, 5.74) is 3.35. The highest BCUT2D eigenvalue weighted by Crippen LogP contribution is 2.18. The SMILES string of the molecule is CCNC(=NCc1c(C)nn(-c2ccccc2)c1C)NCC(C)(O)CN1CCOCC1.I. The molecule has 8 nitrogen and oxygen atoms in total. The first-order valence-electron chi connectivity index (χ1n) is 11.0. The molecule has 0 saturated carbocycles. The topological polar surface area (TPSA) is 86.9 Å². The average Bonchev–Trinajstić information content (AvgIpc) is 3.05. The lowest BCUT2D eigenvalue weighted by molar-refractivity contribution is -0.0201. The number of hydrogen-bond acceptors (Lipinski definition) is 5. The molecule has 2 heterocycles. The van der Waals surface area contributed by atoms with Gasteiger partial charge in [-0.2, -0.15) is 5.10 Å². The summed E-state index contributed by atoms with van der Waals surface area (Å²) in [5, 5.41) is 22.1. The van der Waals surface area contributed by atoms with Gasteiger partial charge in [-0.3, -0.25) is 4.90 Å². The van der Waals surface area contributed by atoms with Gasteiger partial charge in [-0.05, 0) is 39.8 Å². The van der Waals surface area contributed by atoms with E-state index in [1.165, 1.54) is 0 Å². The van der Waals surface area contributed by atoms with E-state index in [0.29, 0.717) is 25.6 Å². The van der Waals surface area contributed by atoms with E-state index in [0.717, 1.165) is 55.5 Å². The third-order valence-electron chi connectivity index (χ3n) is 5.49. The van der Waals surface area contributed by atoms with Crippen LogP contribution in [0.4, 0.5) is 0 Å². The first kappa shape index (κ1) is 26.6.